The molecule has 0 spiro atoms. The summed E-state index contributed by atoms with van der Waals surface area (Å²) < 4.78 is 40.8. The first kappa shape index (κ1) is 28.8. The summed E-state index contributed by atoms with van der Waals surface area (Å²) in [4.78, 5) is 25.3. The largest absolute Gasteiger partial charge is 0.416 e. The maximum Gasteiger partial charge on any atom is 0.416 e. The van der Waals surface area contributed by atoms with E-state index in [4.69, 9.17) is 34.8 Å². The smallest absolute Gasteiger partial charge is 0.345 e. The Morgan fingerprint density at radius 1 is 0.923 bits per heavy atom. The molecule has 0 unspecified atom stereocenters. The molecule has 4 aromatic rings. The topological polar surface area (TPSA) is 88.9 Å². The summed E-state index contributed by atoms with van der Waals surface area (Å²) in [5.74, 6) is -0.926. The number of nitrogens with one attached hydrogen (secondary N) is 2. The van der Waals surface area contributed by atoms with Gasteiger partial charge in [-0.2, -0.15) is 13.2 Å². The third-order valence-corrected chi connectivity index (χ3v) is 7.02. The molecule has 0 fully saturated rings. The fraction of sp³-hybridized carbons (Fsp3) is 0.120. The third-order valence-electron chi connectivity index (χ3n) is 5.20. The molecule has 14 heteroatoms. The molecule has 2 amide bonds. The highest BCUT2D eigenvalue weighted by atomic mass is 35.5. The van der Waals surface area contributed by atoms with Crippen LogP contribution in [-0.2, 0) is 17.5 Å². The molecule has 0 aliphatic rings. The van der Waals surface area contributed by atoms with Gasteiger partial charge in [-0.1, -0.05) is 64.8 Å². The van der Waals surface area contributed by atoms with Gasteiger partial charge < -0.3 is 10.6 Å². The Kier molecular flexibility index (Phi) is 9.06. The summed E-state index contributed by atoms with van der Waals surface area (Å²) in [6.07, 6.45) is -4.59. The number of para-hydroxylation sites is 1. The van der Waals surface area contributed by atoms with Gasteiger partial charge in [-0.05, 0) is 48.5 Å². The number of thioether (sulfide) groups is 1. The Morgan fingerprint density at radius 2 is 1.64 bits per heavy atom. The van der Waals surface area contributed by atoms with Crippen LogP contribution in [0.2, 0.25) is 15.1 Å². The lowest BCUT2D eigenvalue weighted by Gasteiger charge is -2.12. The molecule has 1 heterocycles. The summed E-state index contributed by atoms with van der Waals surface area (Å²) in [5, 5.41) is 14.3. The number of hydrogen-bond acceptors (Lipinski definition) is 5. The Hall–Kier alpha value is -3.25. The van der Waals surface area contributed by atoms with Crippen LogP contribution in [0.4, 0.5) is 18.9 Å². The van der Waals surface area contributed by atoms with Crippen molar-refractivity contribution in [3.8, 4) is 5.69 Å². The fourth-order valence-electron chi connectivity index (χ4n) is 3.38. The SMILES string of the molecule is O=C(CSc1nnc(CNC(=O)c2cc(Cl)ccc2Cl)n1-c1ccccc1)Nc1cc(C(F)(F)F)ccc1Cl. The van der Waals surface area contributed by atoms with E-state index in [-0.39, 0.29) is 33.6 Å². The summed E-state index contributed by atoms with van der Waals surface area (Å²) in [7, 11) is 0. The molecule has 1 aromatic heterocycles. The van der Waals surface area contributed by atoms with Gasteiger partial charge in [0, 0.05) is 10.7 Å². The molecule has 202 valence electrons. The first-order chi connectivity index (χ1) is 18.5. The standard InChI is InChI=1S/C25H17Cl3F3N5O2S/c26-15-7-9-18(27)17(11-15)23(38)32-12-21-34-35-24(36(21)16-4-2-1-3-5-16)39-13-22(37)33-20-10-14(25(29,30)31)6-8-19(20)28/h1-11H,12-13H2,(H,32,38)(H,33,37). The van der Waals surface area contributed by atoms with Gasteiger partial charge in [-0.15, -0.1) is 10.2 Å². The number of hydrogen-bond donors (Lipinski definition) is 2. The van der Waals surface area contributed by atoms with Crippen LogP contribution in [0, 0.1) is 0 Å². The van der Waals surface area contributed by atoms with E-state index in [0.29, 0.717) is 21.7 Å². The highest BCUT2D eigenvalue weighted by Gasteiger charge is 2.31. The number of rotatable bonds is 8. The number of carbonyl (C=O) groups excluding carboxylic acids is 2. The van der Waals surface area contributed by atoms with E-state index in [0.717, 1.165) is 30.0 Å². The Labute approximate surface area is 239 Å². The Bertz CT molecular complexity index is 1520. The molecule has 2 N–H and O–H groups in total. The molecule has 0 aliphatic heterocycles. The van der Waals surface area contributed by atoms with Gasteiger partial charge in [-0.3, -0.25) is 14.2 Å². The maximum absolute atomic E-state index is 13.0. The summed E-state index contributed by atoms with van der Waals surface area (Å²) >= 11 is 19.1. The zero-order chi connectivity index (χ0) is 28.2. The average Bonchev–Trinajstić information content (AvgIpc) is 3.31. The number of halogens is 6. The number of amides is 2. The molecule has 0 aliphatic carbocycles. The van der Waals surface area contributed by atoms with E-state index in [2.05, 4.69) is 20.8 Å². The van der Waals surface area contributed by atoms with Gasteiger partial charge in [0.25, 0.3) is 5.91 Å². The second-order valence-electron chi connectivity index (χ2n) is 7.91. The van der Waals surface area contributed by atoms with Crippen LogP contribution < -0.4 is 10.6 Å². The van der Waals surface area contributed by atoms with Crippen molar-refractivity contribution in [1.82, 2.24) is 20.1 Å². The monoisotopic (exact) mass is 613 g/mol. The normalized spacial score (nSPS) is 11.3. The molecular formula is C25H17Cl3F3N5O2S. The van der Waals surface area contributed by atoms with Crippen LogP contribution in [-0.4, -0.2) is 32.3 Å². The maximum atomic E-state index is 13.0. The first-order valence-corrected chi connectivity index (χ1v) is 13.2. The lowest BCUT2D eigenvalue weighted by atomic mass is 10.2. The zero-order valence-electron chi connectivity index (χ0n) is 19.6. The number of aromatic nitrogens is 3. The van der Waals surface area contributed by atoms with Gasteiger partial charge >= 0.3 is 6.18 Å². The van der Waals surface area contributed by atoms with Crippen LogP contribution >= 0.6 is 46.6 Å². The summed E-state index contributed by atoms with van der Waals surface area (Å²) in [6.45, 7) is -0.0316. The molecule has 3 aromatic carbocycles. The minimum atomic E-state index is -4.59. The van der Waals surface area contributed by atoms with E-state index in [1.54, 1.807) is 34.9 Å². The predicted molar refractivity (Wildman–Crippen MR) is 145 cm³/mol. The number of benzene rings is 3. The van der Waals surface area contributed by atoms with Crippen molar-refractivity contribution in [1.29, 1.82) is 0 Å². The number of nitrogens with zero attached hydrogens (tertiary/aromatic N) is 3. The van der Waals surface area contributed by atoms with Crippen molar-refractivity contribution >= 4 is 64.1 Å². The molecule has 0 atom stereocenters. The van der Waals surface area contributed by atoms with E-state index < -0.39 is 23.6 Å². The van der Waals surface area contributed by atoms with Crippen LogP contribution in [0.15, 0.2) is 71.9 Å². The lowest BCUT2D eigenvalue weighted by molar-refractivity contribution is -0.137. The fourth-order valence-corrected chi connectivity index (χ4v) is 4.70. The second kappa shape index (κ2) is 12.3. The molecular weight excluding hydrogens is 598 g/mol. The van der Waals surface area contributed by atoms with Gasteiger partial charge in [0.05, 0.1) is 39.2 Å². The number of carbonyl (C=O) groups is 2. The van der Waals surface area contributed by atoms with E-state index in [9.17, 15) is 22.8 Å². The van der Waals surface area contributed by atoms with Crippen molar-refractivity contribution < 1.29 is 22.8 Å². The summed E-state index contributed by atoms with van der Waals surface area (Å²) in [5.41, 5.74) is -0.250. The van der Waals surface area contributed by atoms with Crippen molar-refractivity contribution in [2.75, 3.05) is 11.1 Å². The van der Waals surface area contributed by atoms with Gasteiger partial charge in [0.15, 0.2) is 11.0 Å². The lowest BCUT2D eigenvalue weighted by Crippen LogP contribution is -2.25. The predicted octanol–water partition coefficient (Wildman–Crippen LogP) is 6.91. The molecule has 4 rings (SSSR count). The van der Waals surface area contributed by atoms with Crippen LogP contribution in [0.1, 0.15) is 21.7 Å². The van der Waals surface area contributed by atoms with Crippen molar-refractivity contribution in [2.24, 2.45) is 0 Å². The van der Waals surface area contributed by atoms with Crippen LogP contribution in [0.25, 0.3) is 5.69 Å². The van der Waals surface area contributed by atoms with Crippen molar-refractivity contribution in [2.45, 2.75) is 17.9 Å². The van der Waals surface area contributed by atoms with Crippen LogP contribution in [0.5, 0.6) is 0 Å². The van der Waals surface area contributed by atoms with Crippen molar-refractivity contribution in [3.63, 3.8) is 0 Å². The van der Waals surface area contributed by atoms with Gasteiger partial charge in [0.2, 0.25) is 5.91 Å². The van der Waals surface area contributed by atoms with E-state index in [1.165, 1.54) is 12.1 Å². The zero-order valence-corrected chi connectivity index (χ0v) is 22.7. The highest BCUT2D eigenvalue weighted by Crippen LogP contribution is 2.34. The van der Waals surface area contributed by atoms with E-state index >= 15 is 0 Å². The molecule has 0 bridgehead atoms. The number of anilines is 1. The molecule has 0 saturated carbocycles. The number of alkyl halides is 3. The first-order valence-electron chi connectivity index (χ1n) is 11.1. The van der Waals surface area contributed by atoms with Gasteiger partial charge in [-0.25, -0.2) is 0 Å². The average molecular weight is 615 g/mol. The minimum absolute atomic E-state index is 0.0316. The molecule has 39 heavy (non-hydrogen) atoms. The van der Waals surface area contributed by atoms with Crippen LogP contribution in [0.3, 0.4) is 0 Å². The Morgan fingerprint density at radius 3 is 2.36 bits per heavy atom. The molecule has 0 saturated heterocycles. The minimum Gasteiger partial charge on any atom is -0.345 e. The molecule has 7 nitrogen and oxygen atoms in total. The van der Waals surface area contributed by atoms with Crippen molar-refractivity contribution in [3.05, 3.63) is 98.7 Å². The molecule has 0 radical (unpaired) electrons. The quantitative estimate of drug-likeness (QED) is 0.211. The van der Waals surface area contributed by atoms with E-state index in [1.807, 2.05) is 6.07 Å². The third kappa shape index (κ3) is 7.24. The Balaban J connectivity index is 1.50. The highest BCUT2D eigenvalue weighted by molar-refractivity contribution is 7.99. The van der Waals surface area contributed by atoms with Gasteiger partial charge in [0.1, 0.15) is 0 Å². The second-order valence-corrected chi connectivity index (χ2v) is 10.1. The summed E-state index contributed by atoms with van der Waals surface area (Å²) in [6, 6.07) is 16.2.